The van der Waals surface area contributed by atoms with Crippen LogP contribution in [0.3, 0.4) is 0 Å². The van der Waals surface area contributed by atoms with Crippen molar-refractivity contribution >= 4 is 16.8 Å². The van der Waals surface area contributed by atoms with E-state index in [4.69, 9.17) is 9.84 Å². The monoisotopic (exact) mass is 346 g/mol. The smallest absolute Gasteiger partial charge is 0.335 e. The molecule has 0 aliphatic carbocycles. The second-order valence-electron chi connectivity index (χ2n) is 5.86. The predicted molar refractivity (Wildman–Crippen MR) is 96.1 cm³/mol. The molecule has 0 spiro atoms. The zero-order valence-electron chi connectivity index (χ0n) is 13.9. The van der Waals surface area contributed by atoms with Gasteiger partial charge >= 0.3 is 5.97 Å². The molecule has 2 aromatic carbocycles. The van der Waals surface area contributed by atoms with Gasteiger partial charge in [-0.25, -0.2) is 4.79 Å². The number of ether oxygens (including phenoxy) is 1. The van der Waals surface area contributed by atoms with E-state index in [1.165, 1.54) is 17.7 Å². The Bertz CT molecular complexity index is 690. The van der Waals surface area contributed by atoms with Gasteiger partial charge in [0, 0.05) is 16.6 Å². The van der Waals surface area contributed by atoms with Crippen LogP contribution in [0, 0.1) is 0 Å². The number of hydrogen-bond donors (Lipinski definition) is 1. The van der Waals surface area contributed by atoms with Crippen LogP contribution in [0.2, 0.25) is 0 Å². The van der Waals surface area contributed by atoms with E-state index >= 15 is 0 Å². The van der Waals surface area contributed by atoms with Crippen molar-refractivity contribution in [2.45, 2.75) is 25.5 Å². The molecule has 0 heterocycles. The van der Waals surface area contributed by atoms with Crippen LogP contribution in [0.4, 0.5) is 0 Å². The van der Waals surface area contributed by atoms with E-state index in [-0.39, 0.29) is 5.56 Å². The van der Waals surface area contributed by atoms with E-state index in [1.54, 1.807) is 12.1 Å². The lowest BCUT2D eigenvalue weighted by atomic mass is 10.0. The zero-order chi connectivity index (χ0) is 17.5. The first-order valence-corrected chi connectivity index (χ1v) is 9.34. The van der Waals surface area contributed by atoms with Gasteiger partial charge in [-0.3, -0.25) is 4.21 Å². The average molecular weight is 346 g/mol. The molecule has 4 nitrogen and oxygen atoms in total. The Morgan fingerprint density at radius 2 is 1.71 bits per heavy atom. The van der Waals surface area contributed by atoms with E-state index in [1.807, 2.05) is 24.3 Å². The van der Waals surface area contributed by atoms with Gasteiger partial charge in [-0.05, 0) is 41.3 Å². The highest BCUT2D eigenvalue weighted by molar-refractivity contribution is 7.84. The van der Waals surface area contributed by atoms with Crippen molar-refractivity contribution in [2.24, 2.45) is 0 Å². The number of rotatable bonds is 8. The van der Waals surface area contributed by atoms with Crippen molar-refractivity contribution in [2.75, 3.05) is 12.4 Å². The summed E-state index contributed by atoms with van der Waals surface area (Å²) in [5.41, 5.74) is 2.35. The number of aromatic carboxylic acids is 1. The quantitative estimate of drug-likeness (QED) is 0.789. The standard InChI is InChI=1S/C19H22O4S/c1-14(2)16-7-9-18(10-8-16)23-11-12-24(22)13-15-3-5-17(6-4-15)19(20)21/h3-10,14H,11-13H2,1-2H3,(H,20,21). The SMILES string of the molecule is CC(C)c1ccc(OCCS(=O)Cc2ccc(C(=O)O)cc2)cc1. The van der Waals surface area contributed by atoms with Gasteiger partial charge in [-0.15, -0.1) is 0 Å². The van der Waals surface area contributed by atoms with Gasteiger partial charge in [-0.2, -0.15) is 0 Å². The second-order valence-corrected chi connectivity index (χ2v) is 7.44. The summed E-state index contributed by atoms with van der Waals surface area (Å²) in [7, 11) is -1.05. The number of carbonyl (C=O) groups is 1. The van der Waals surface area contributed by atoms with E-state index < -0.39 is 16.8 Å². The summed E-state index contributed by atoms with van der Waals surface area (Å²) in [6, 6.07) is 14.4. The molecule has 5 heteroatoms. The summed E-state index contributed by atoms with van der Waals surface area (Å²) in [6.45, 7) is 4.67. The van der Waals surface area contributed by atoms with Gasteiger partial charge in [0.2, 0.25) is 0 Å². The molecule has 0 bridgehead atoms. The van der Waals surface area contributed by atoms with Gasteiger partial charge in [0.25, 0.3) is 0 Å². The normalized spacial score (nSPS) is 12.1. The fourth-order valence-electron chi connectivity index (χ4n) is 2.20. The molecule has 0 fully saturated rings. The molecule has 1 atom stereocenters. The van der Waals surface area contributed by atoms with Crippen LogP contribution >= 0.6 is 0 Å². The summed E-state index contributed by atoms with van der Waals surface area (Å²) in [4.78, 5) is 10.8. The van der Waals surface area contributed by atoms with Crippen LogP contribution in [-0.4, -0.2) is 27.6 Å². The lowest BCUT2D eigenvalue weighted by Crippen LogP contribution is -2.10. The highest BCUT2D eigenvalue weighted by Crippen LogP contribution is 2.18. The molecule has 2 rings (SSSR count). The summed E-state index contributed by atoms with van der Waals surface area (Å²) in [5, 5.41) is 8.85. The molecule has 1 N–H and O–H groups in total. The van der Waals surface area contributed by atoms with Crippen molar-refractivity contribution in [3.8, 4) is 5.75 Å². The highest BCUT2D eigenvalue weighted by Gasteiger charge is 2.06. The first-order valence-electron chi connectivity index (χ1n) is 7.85. The first-order chi connectivity index (χ1) is 11.5. The van der Waals surface area contributed by atoms with Gasteiger partial charge in [-0.1, -0.05) is 38.1 Å². The Labute approximate surface area is 144 Å². The lowest BCUT2D eigenvalue weighted by Gasteiger charge is -2.09. The number of hydrogen-bond acceptors (Lipinski definition) is 3. The Morgan fingerprint density at radius 1 is 1.08 bits per heavy atom. The van der Waals surface area contributed by atoms with Crippen molar-refractivity contribution < 1.29 is 18.8 Å². The van der Waals surface area contributed by atoms with E-state index in [2.05, 4.69) is 13.8 Å². The van der Waals surface area contributed by atoms with Gasteiger partial charge in [0.15, 0.2) is 0 Å². The number of benzene rings is 2. The molecule has 2 aromatic rings. The zero-order valence-corrected chi connectivity index (χ0v) is 14.7. The maximum Gasteiger partial charge on any atom is 0.335 e. The molecular weight excluding hydrogens is 324 g/mol. The molecule has 0 aromatic heterocycles. The maximum atomic E-state index is 12.1. The molecule has 0 aliphatic rings. The van der Waals surface area contributed by atoms with Crippen LogP contribution in [0.1, 0.15) is 41.3 Å². The maximum absolute atomic E-state index is 12.1. The van der Waals surface area contributed by atoms with Crippen molar-refractivity contribution in [3.05, 3.63) is 65.2 Å². The Kier molecular flexibility index (Phi) is 6.55. The molecule has 0 saturated heterocycles. The van der Waals surface area contributed by atoms with Gasteiger partial charge in [0.1, 0.15) is 5.75 Å². The molecular formula is C19H22O4S. The summed E-state index contributed by atoms with van der Waals surface area (Å²) >= 11 is 0. The highest BCUT2D eigenvalue weighted by atomic mass is 32.2. The van der Waals surface area contributed by atoms with Crippen molar-refractivity contribution in [1.29, 1.82) is 0 Å². The molecule has 0 radical (unpaired) electrons. The predicted octanol–water partition coefficient (Wildman–Crippen LogP) is 3.84. The molecule has 24 heavy (non-hydrogen) atoms. The average Bonchev–Trinajstić information content (AvgIpc) is 2.55. The van der Waals surface area contributed by atoms with Crippen LogP contribution in [0.15, 0.2) is 48.5 Å². The van der Waals surface area contributed by atoms with Crippen LogP contribution in [0.25, 0.3) is 0 Å². The lowest BCUT2D eigenvalue weighted by molar-refractivity contribution is 0.0697. The summed E-state index contributed by atoms with van der Waals surface area (Å²) in [6.07, 6.45) is 0. The minimum atomic E-state index is -1.05. The van der Waals surface area contributed by atoms with Gasteiger partial charge < -0.3 is 9.84 Å². The minimum Gasteiger partial charge on any atom is -0.493 e. The largest absolute Gasteiger partial charge is 0.493 e. The minimum absolute atomic E-state index is 0.234. The number of carboxylic acids is 1. The Morgan fingerprint density at radius 3 is 2.25 bits per heavy atom. The van der Waals surface area contributed by atoms with E-state index in [9.17, 15) is 9.00 Å². The van der Waals surface area contributed by atoms with Crippen LogP contribution in [0.5, 0.6) is 5.75 Å². The summed E-state index contributed by atoms with van der Waals surface area (Å²) in [5.74, 6) is 1.14. The van der Waals surface area contributed by atoms with Crippen molar-refractivity contribution in [3.63, 3.8) is 0 Å². The fourth-order valence-corrected chi connectivity index (χ4v) is 3.18. The third kappa shape index (κ3) is 5.49. The molecule has 1 unspecified atom stereocenters. The Balaban J connectivity index is 1.77. The van der Waals surface area contributed by atoms with Gasteiger partial charge in [0.05, 0.1) is 17.9 Å². The van der Waals surface area contributed by atoms with Crippen molar-refractivity contribution in [1.82, 2.24) is 0 Å². The summed E-state index contributed by atoms with van der Waals surface area (Å²) < 4.78 is 17.7. The number of carboxylic acid groups (broad SMARTS) is 1. The van der Waals surface area contributed by atoms with E-state index in [0.717, 1.165) is 11.3 Å². The topological polar surface area (TPSA) is 63.6 Å². The second kappa shape index (κ2) is 8.64. The third-order valence-electron chi connectivity index (χ3n) is 3.66. The molecule has 0 saturated carbocycles. The van der Waals surface area contributed by atoms with Crippen LogP contribution < -0.4 is 4.74 Å². The third-order valence-corrected chi connectivity index (χ3v) is 4.93. The molecule has 0 amide bonds. The Hall–Kier alpha value is -2.14. The van der Waals surface area contributed by atoms with Crippen LogP contribution in [-0.2, 0) is 16.6 Å². The fraction of sp³-hybridized carbons (Fsp3) is 0.316. The molecule has 0 aliphatic heterocycles. The first kappa shape index (κ1) is 18.2. The molecule has 128 valence electrons. The van der Waals surface area contributed by atoms with E-state index in [0.29, 0.717) is 24.0 Å².